The average Bonchev–Trinajstić information content (AvgIpc) is 2.89. The third kappa shape index (κ3) is 5.05. The van der Waals surface area contributed by atoms with E-state index in [0.29, 0.717) is 12.1 Å². The first kappa shape index (κ1) is 17.9. The van der Waals surface area contributed by atoms with E-state index in [1.807, 2.05) is 32.0 Å². The summed E-state index contributed by atoms with van der Waals surface area (Å²) in [6.07, 6.45) is 2.26. The largest absolute Gasteiger partial charge is 0.457 e. The summed E-state index contributed by atoms with van der Waals surface area (Å²) < 4.78 is 6.84. The Morgan fingerprint density at radius 1 is 1.17 bits per heavy atom. The quantitative estimate of drug-likeness (QED) is 0.551. The summed E-state index contributed by atoms with van der Waals surface area (Å²) in [5.41, 5.74) is 3.70. The van der Waals surface area contributed by atoms with Gasteiger partial charge in [-0.05, 0) is 31.9 Å². The van der Waals surface area contributed by atoms with Gasteiger partial charge in [-0.2, -0.15) is 5.10 Å². The molecule has 24 heavy (non-hydrogen) atoms. The molecule has 0 atom stereocenters. The number of aromatic nitrogens is 2. The van der Waals surface area contributed by atoms with Gasteiger partial charge < -0.3 is 4.74 Å². The molecule has 0 N–H and O–H groups in total. The Morgan fingerprint density at radius 2 is 1.88 bits per heavy atom. The molecule has 2 aromatic rings. The molecule has 2 rings (SSSR count). The van der Waals surface area contributed by atoms with Crippen molar-refractivity contribution in [3.05, 3.63) is 52.8 Å². The van der Waals surface area contributed by atoms with E-state index < -0.39 is 5.97 Å². The number of carbonyl (C=O) groups is 2. The minimum Gasteiger partial charge on any atom is -0.457 e. The standard InChI is InChI=1S/C19H24N2O3/c1-4-5-16-6-8-17(9-7-16)18(22)13-24-19(23)10-11-21-15(3)12-14(2)20-21/h6-9,12H,4-5,10-11,13H2,1-3H3. The number of nitrogens with zero attached hydrogens (tertiary/aromatic N) is 2. The van der Waals surface area contributed by atoms with Crippen LogP contribution in [-0.4, -0.2) is 28.1 Å². The van der Waals surface area contributed by atoms with Crippen LogP contribution < -0.4 is 0 Å². The molecule has 5 nitrogen and oxygen atoms in total. The van der Waals surface area contributed by atoms with E-state index in [4.69, 9.17) is 4.74 Å². The second-order valence-corrected chi connectivity index (χ2v) is 5.93. The Kier molecular flexibility index (Phi) is 6.29. The third-order valence-electron chi connectivity index (χ3n) is 3.81. The molecular weight excluding hydrogens is 304 g/mol. The van der Waals surface area contributed by atoms with Crippen molar-refractivity contribution in [2.75, 3.05) is 6.61 Å². The number of benzene rings is 1. The van der Waals surface area contributed by atoms with Crippen LogP contribution in [0.2, 0.25) is 0 Å². The van der Waals surface area contributed by atoms with Crippen molar-refractivity contribution >= 4 is 11.8 Å². The molecule has 5 heteroatoms. The van der Waals surface area contributed by atoms with E-state index >= 15 is 0 Å². The average molecular weight is 328 g/mol. The minimum absolute atomic E-state index is 0.183. The number of hydrogen-bond acceptors (Lipinski definition) is 4. The molecule has 1 aromatic carbocycles. The molecule has 128 valence electrons. The number of aryl methyl sites for hydroxylation is 4. The molecule has 0 aliphatic rings. The van der Waals surface area contributed by atoms with E-state index in [1.54, 1.807) is 16.8 Å². The first-order chi connectivity index (χ1) is 11.5. The van der Waals surface area contributed by atoms with Gasteiger partial charge in [-0.25, -0.2) is 0 Å². The topological polar surface area (TPSA) is 61.2 Å². The van der Waals surface area contributed by atoms with Crippen molar-refractivity contribution in [2.24, 2.45) is 0 Å². The fraction of sp³-hybridized carbons (Fsp3) is 0.421. The number of carbonyl (C=O) groups excluding carboxylic acids is 2. The maximum absolute atomic E-state index is 12.1. The van der Waals surface area contributed by atoms with Gasteiger partial charge in [-0.3, -0.25) is 14.3 Å². The van der Waals surface area contributed by atoms with Crippen LogP contribution in [0.15, 0.2) is 30.3 Å². The van der Waals surface area contributed by atoms with Crippen molar-refractivity contribution in [1.29, 1.82) is 0 Å². The van der Waals surface area contributed by atoms with Crippen LogP contribution in [0, 0.1) is 13.8 Å². The predicted octanol–water partition coefficient (Wildman–Crippen LogP) is 3.27. The van der Waals surface area contributed by atoms with Gasteiger partial charge in [0.05, 0.1) is 18.7 Å². The molecule has 0 amide bonds. The highest BCUT2D eigenvalue weighted by atomic mass is 16.5. The molecule has 0 radical (unpaired) electrons. The summed E-state index contributed by atoms with van der Waals surface area (Å²) in [5, 5.41) is 4.29. The minimum atomic E-state index is -0.390. The lowest BCUT2D eigenvalue weighted by molar-refractivity contribution is -0.142. The second-order valence-electron chi connectivity index (χ2n) is 5.93. The molecular formula is C19H24N2O3. The molecule has 0 unspecified atom stereocenters. The van der Waals surface area contributed by atoms with Gasteiger partial charge in [0.2, 0.25) is 0 Å². The van der Waals surface area contributed by atoms with Crippen LogP contribution in [0.4, 0.5) is 0 Å². The molecule has 1 aromatic heterocycles. The predicted molar refractivity (Wildman–Crippen MR) is 92.0 cm³/mol. The van der Waals surface area contributed by atoms with Crippen molar-refractivity contribution in [1.82, 2.24) is 9.78 Å². The Labute approximate surface area is 142 Å². The van der Waals surface area contributed by atoms with Crippen molar-refractivity contribution < 1.29 is 14.3 Å². The Morgan fingerprint density at radius 3 is 2.46 bits per heavy atom. The number of rotatable bonds is 8. The number of ketones is 1. The van der Waals surface area contributed by atoms with Crippen molar-refractivity contribution in [2.45, 2.75) is 46.6 Å². The summed E-state index contributed by atoms with van der Waals surface area (Å²) in [7, 11) is 0. The van der Waals surface area contributed by atoms with Crippen LogP contribution in [0.3, 0.4) is 0 Å². The Hall–Kier alpha value is -2.43. The zero-order valence-corrected chi connectivity index (χ0v) is 14.5. The molecule has 0 aliphatic heterocycles. The smallest absolute Gasteiger partial charge is 0.308 e. The molecule has 0 spiro atoms. The summed E-state index contributed by atoms with van der Waals surface area (Å²) in [4.78, 5) is 23.8. The van der Waals surface area contributed by atoms with E-state index in [-0.39, 0.29) is 18.8 Å². The molecule has 0 fully saturated rings. The number of hydrogen-bond donors (Lipinski definition) is 0. The van der Waals surface area contributed by atoms with Gasteiger partial charge >= 0.3 is 5.97 Å². The van der Waals surface area contributed by atoms with Gasteiger partial charge in [0.1, 0.15) is 0 Å². The maximum Gasteiger partial charge on any atom is 0.308 e. The van der Waals surface area contributed by atoms with Crippen LogP contribution in [0.25, 0.3) is 0 Å². The summed E-state index contributed by atoms with van der Waals surface area (Å²) >= 11 is 0. The fourth-order valence-electron chi connectivity index (χ4n) is 2.55. The Balaban J connectivity index is 1.78. The lowest BCUT2D eigenvalue weighted by Crippen LogP contribution is -2.16. The Bertz CT molecular complexity index is 702. The van der Waals surface area contributed by atoms with Crippen LogP contribution in [-0.2, 0) is 22.5 Å². The highest BCUT2D eigenvalue weighted by molar-refractivity contribution is 5.97. The zero-order valence-electron chi connectivity index (χ0n) is 14.5. The van der Waals surface area contributed by atoms with Crippen molar-refractivity contribution in [3.63, 3.8) is 0 Å². The number of esters is 1. The van der Waals surface area contributed by atoms with E-state index in [2.05, 4.69) is 12.0 Å². The first-order valence-electron chi connectivity index (χ1n) is 8.28. The lowest BCUT2D eigenvalue weighted by Gasteiger charge is -2.06. The van der Waals surface area contributed by atoms with Gasteiger partial charge in [0, 0.05) is 11.3 Å². The SMILES string of the molecule is CCCc1ccc(C(=O)COC(=O)CCn2nc(C)cc2C)cc1. The van der Waals surface area contributed by atoms with Crippen LogP contribution in [0.5, 0.6) is 0 Å². The van der Waals surface area contributed by atoms with Gasteiger partial charge in [-0.15, -0.1) is 0 Å². The molecule has 0 saturated heterocycles. The first-order valence-corrected chi connectivity index (χ1v) is 8.28. The summed E-state index contributed by atoms with van der Waals surface area (Å²) in [6, 6.07) is 9.42. The summed E-state index contributed by atoms with van der Waals surface area (Å²) in [5.74, 6) is -0.573. The highest BCUT2D eigenvalue weighted by Crippen LogP contribution is 2.08. The van der Waals surface area contributed by atoms with Crippen LogP contribution >= 0.6 is 0 Å². The summed E-state index contributed by atoms with van der Waals surface area (Å²) in [6.45, 7) is 6.20. The van der Waals surface area contributed by atoms with Crippen molar-refractivity contribution in [3.8, 4) is 0 Å². The normalized spacial score (nSPS) is 10.6. The van der Waals surface area contributed by atoms with E-state index in [9.17, 15) is 9.59 Å². The van der Waals surface area contributed by atoms with Gasteiger partial charge in [0.25, 0.3) is 0 Å². The fourth-order valence-corrected chi connectivity index (χ4v) is 2.55. The van der Waals surface area contributed by atoms with Crippen LogP contribution in [0.1, 0.15) is 47.1 Å². The molecule has 1 heterocycles. The van der Waals surface area contributed by atoms with E-state index in [0.717, 1.165) is 24.2 Å². The second kappa shape index (κ2) is 8.43. The number of Topliss-reactive ketones (excluding diaryl/α,β-unsaturated/α-hetero) is 1. The third-order valence-corrected chi connectivity index (χ3v) is 3.81. The highest BCUT2D eigenvalue weighted by Gasteiger charge is 2.11. The monoisotopic (exact) mass is 328 g/mol. The number of ether oxygens (including phenoxy) is 1. The lowest BCUT2D eigenvalue weighted by atomic mass is 10.1. The van der Waals surface area contributed by atoms with Gasteiger partial charge in [0.15, 0.2) is 12.4 Å². The zero-order chi connectivity index (χ0) is 17.5. The van der Waals surface area contributed by atoms with E-state index in [1.165, 1.54) is 5.56 Å². The molecule has 0 bridgehead atoms. The molecule has 0 aliphatic carbocycles. The molecule has 0 saturated carbocycles. The van der Waals surface area contributed by atoms with Gasteiger partial charge in [-0.1, -0.05) is 37.6 Å². The maximum atomic E-state index is 12.1.